The number of nitrogens with zero attached hydrogens (tertiary/aromatic N) is 1. The molecule has 0 saturated heterocycles. The van der Waals surface area contributed by atoms with Gasteiger partial charge in [-0.2, -0.15) is 0 Å². The van der Waals surface area contributed by atoms with Crippen molar-refractivity contribution in [3.63, 3.8) is 0 Å². The van der Waals surface area contributed by atoms with Crippen molar-refractivity contribution in [3.8, 4) is 5.75 Å². The van der Waals surface area contributed by atoms with Gasteiger partial charge in [0.2, 0.25) is 5.91 Å². The topological polar surface area (TPSA) is 77.2 Å². The number of pyridine rings is 1. The first-order chi connectivity index (χ1) is 12.1. The Bertz CT molecular complexity index is 971. The van der Waals surface area contributed by atoms with E-state index < -0.39 is 5.54 Å². The molecule has 5 nitrogen and oxygen atoms in total. The highest BCUT2D eigenvalue weighted by Crippen LogP contribution is 2.38. The number of ether oxygens (including phenoxy) is 1. The molecule has 25 heavy (non-hydrogen) atoms. The van der Waals surface area contributed by atoms with E-state index in [1.165, 1.54) is 0 Å². The summed E-state index contributed by atoms with van der Waals surface area (Å²) in [6, 6.07) is 12.9. The van der Waals surface area contributed by atoms with Crippen LogP contribution in [0.4, 0.5) is 5.69 Å². The molecule has 4 rings (SSSR count). The third-order valence-electron chi connectivity index (χ3n) is 4.50. The lowest BCUT2D eigenvalue weighted by Crippen LogP contribution is -2.51. The van der Waals surface area contributed by atoms with Gasteiger partial charge in [0.1, 0.15) is 11.3 Å². The molecule has 3 N–H and O–H groups in total. The number of hydrogen-bond acceptors (Lipinski definition) is 4. The van der Waals surface area contributed by atoms with E-state index in [9.17, 15) is 4.79 Å². The van der Waals surface area contributed by atoms with Crippen LogP contribution in [0, 0.1) is 0 Å². The Morgan fingerprint density at radius 2 is 2.08 bits per heavy atom. The quantitative estimate of drug-likeness (QED) is 0.739. The van der Waals surface area contributed by atoms with E-state index in [2.05, 4.69) is 10.3 Å². The lowest BCUT2D eigenvalue weighted by molar-refractivity contribution is -0.122. The van der Waals surface area contributed by atoms with Crippen molar-refractivity contribution in [3.05, 3.63) is 65.4 Å². The Morgan fingerprint density at radius 1 is 1.24 bits per heavy atom. The van der Waals surface area contributed by atoms with Gasteiger partial charge in [0, 0.05) is 34.0 Å². The van der Waals surface area contributed by atoms with Crippen LogP contribution in [0.5, 0.6) is 5.75 Å². The van der Waals surface area contributed by atoms with Gasteiger partial charge in [-0.3, -0.25) is 9.78 Å². The third kappa shape index (κ3) is 2.71. The normalized spacial score (nSPS) is 19.1. The molecule has 1 atom stereocenters. The van der Waals surface area contributed by atoms with Crippen LogP contribution >= 0.6 is 11.6 Å². The van der Waals surface area contributed by atoms with Crippen molar-refractivity contribution in [1.29, 1.82) is 0 Å². The number of halogens is 1. The van der Waals surface area contributed by atoms with Crippen molar-refractivity contribution in [2.24, 2.45) is 5.73 Å². The number of carbonyl (C=O) groups is 1. The van der Waals surface area contributed by atoms with Gasteiger partial charge in [-0.25, -0.2) is 0 Å². The Morgan fingerprint density at radius 3 is 2.96 bits per heavy atom. The van der Waals surface area contributed by atoms with Crippen LogP contribution in [0.15, 0.2) is 54.9 Å². The lowest BCUT2D eigenvalue weighted by Gasteiger charge is -2.34. The number of nitrogens with one attached hydrogen (secondary N) is 1. The molecule has 0 unspecified atom stereocenters. The van der Waals surface area contributed by atoms with Crippen molar-refractivity contribution < 1.29 is 9.53 Å². The molecule has 1 amide bonds. The number of anilines is 1. The Hall–Kier alpha value is -2.63. The average molecular weight is 354 g/mol. The summed E-state index contributed by atoms with van der Waals surface area (Å²) in [4.78, 5) is 17.2. The number of nitrogens with two attached hydrogens (primary N) is 1. The summed E-state index contributed by atoms with van der Waals surface area (Å²) in [6.45, 7) is 0.367. The molecule has 0 spiro atoms. The van der Waals surface area contributed by atoms with Gasteiger partial charge in [0.15, 0.2) is 0 Å². The fourth-order valence-corrected chi connectivity index (χ4v) is 3.29. The number of aromatic nitrogens is 1. The maximum absolute atomic E-state index is 13.0. The predicted octanol–water partition coefficient (Wildman–Crippen LogP) is 3.46. The van der Waals surface area contributed by atoms with Gasteiger partial charge < -0.3 is 15.8 Å². The summed E-state index contributed by atoms with van der Waals surface area (Å²) in [7, 11) is 0. The summed E-state index contributed by atoms with van der Waals surface area (Å²) in [5.74, 6) is 0.279. The number of benzene rings is 2. The van der Waals surface area contributed by atoms with Crippen LogP contribution < -0.4 is 15.8 Å². The van der Waals surface area contributed by atoms with E-state index in [1.54, 1.807) is 30.6 Å². The molecule has 1 aromatic heterocycles. The molecule has 1 aliphatic rings. The Kier molecular flexibility index (Phi) is 3.82. The highest BCUT2D eigenvalue weighted by molar-refractivity contribution is 6.30. The molecule has 126 valence electrons. The standard InChI is InChI=1S/C19H16ClN3O2/c20-13-5-6-17-15(9-13)19(21,7-8-25-17)18(24)23-16-11-22-10-12-3-1-2-4-14(12)16/h1-6,9-11H,7-8,21H2,(H,23,24)/t19-/m0/s1. The lowest BCUT2D eigenvalue weighted by atomic mass is 9.84. The fraction of sp³-hybridized carbons (Fsp3) is 0.158. The van der Waals surface area contributed by atoms with Crippen LogP contribution in [0.25, 0.3) is 10.8 Å². The van der Waals surface area contributed by atoms with E-state index in [0.29, 0.717) is 35.1 Å². The van der Waals surface area contributed by atoms with Crippen molar-refractivity contribution in [1.82, 2.24) is 4.98 Å². The van der Waals surface area contributed by atoms with E-state index >= 15 is 0 Å². The maximum atomic E-state index is 13.0. The predicted molar refractivity (Wildman–Crippen MR) is 97.8 cm³/mol. The van der Waals surface area contributed by atoms with Crippen LogP contribution in [0.1, 0.15) is 12.0 Å². The molecule has 0 saturated carbocycles. The van der Waals surface area contributed by atoms with Crippen LogP contribution in [0.3, 0.4) is 0 Å². The van der Waals surface area contributed by atoms with Crippen LogP contribution in [-0.2, 0) is 10.3 Å². The molecule has 0 fully saturated rings. The molecular weight excluding hydrogens is 338 g/mol. The zero-order chi connectivity index (χ0) is 17.4. The Balaban J connectivity index is 1.73. The minimum absolute atomic E-state index is 0.308. The number of fused-ring (bicyclic) bond motifs is 2. The third-order valence-corrected chi connectivity index (χ3v) is 4.73. The minimum atomic E-state index is -1.21. The van der Waals surface area contributed by atoms with E-state index in [4.69, 9.17) is 22.1 Å². The summed E-state index contributed by atoms with van der Waals surface area (Å²) in [5, 5.41) is 5.30. The summed E-state index contributed by atoms with van der Waals surface area (Å²) in [5.41, 5.74) is 6.51. The van der Waals surface area contributed by atoms with Crippen molar-refractivity contribution in [2.75, 3.05) is 11.9 Å². The molecule has 2 heterocycles. The van der Waals surface area contributed by atoms with Crippen molar-refractivity contribution in [2.45, 2.75) is 12.0 Å². The van der Waals surface area contributed by atoms with E-state index in [-0.39, 0.29) is 5.91 Å². The first kappa shape index (κ1) is 15.9. The van der Waals surface area contributed by atoms with Gasteiger partial charge in [-0.05, 0) is 18.2 Å². The summed E-state index contributed by atoms with van der Waals surface area (Å²) >= 11 is 6.09. The second kappa shape index (κ2) is 6.02. The minimum Gasteiger partial charge on any atom is -0.493 e. The highest BCUT2D eigenvalue weighted by atomic mass is 35.5. The number of hydrogen-bond donors (Lipinski definition) is 2. The van der Waals surface area contributed by atoms with Crippen LogP contribution in [-0.4, -0.2) is 17.5 Å². The molecule has 0 radical (unpaired) electrons. The van der Waals surface area contributed by atoms with E-state index in [1.807, 2.05) is 24.3 Å². The molecule has 6 heteroatoms. The molecule has 2 aromatic carbocycles. The second-order valence-corrected chi connectivity index (χ2v) is 6.51. The van der Waals surface area contributed by atoms with Gasteiger partial charge >= 0.3 is 0 Å². The van der Waals surface area contributed by atoms with Crippen molar-refractivity contribution >= 4 is 34.0 Å². The monoisotopic (exact) mass is 353 g/mol. The second-order valence-electron chi connectivity index (χ2n) is 6.07. The first-order valence-corrected chi connectivity index (χ1v) is 8.32. The fourth-order valence-electron chi connectivity index (χ4n) is 3.12. The number of amides is 1. The van der Waals surface area contributed by atoms with Gasteiger partial charge in [0.25, 0.3) is 0 Å². The zero-order valence-electron chi connectivity index (χ0n) is 13.3. The summed E-state index contributed by atoms with van der Waals surface area (Å²) < 4.78 is 5.61. The zero-order valence-corrected chi connectivity index (χ0v) is 14.1. The largest absolute Gasteiger partial charge is 0.493 e. The number of carbonyl (C=O) groups excluding carboxylic acids is 1. The van der Waals surface area contributed by atoms with E-state index in [0.717, 1.165) is 10.8 Å². The Labute approximate surface area is 149 Å². The van der Waals surface area contributed by atoms with Gasteiger partial charge in [-0.1, -0.05) is 35.9 Å². The average Bonchev–Trinajstić information content (AvgIpc) is 2.63. The van der Waals surface area contributed by atoms with Gasteiger partial charge in [0.05, 0.1) is 18.5 Å². The highest BCUT2D eigenvalue weighted by Gasteiger charge is 2.41. The molecule has 0 aliphatic carbocycles. The smallest absolute Gasteiger partial charge is 0.249 e. The maximum Gasteiger partial charge on any atom is 0.249 e. The summed E-state index contributed by atoms with van der Waals surface area (Å²) in [6.07, 6.45) is 3.75. The number of rotatable bonds is 2. The molecule has 1 aliphatic heterocycles. The van der Waals surface area contributed by atoms with Gasteiger partial charge in [-0.15, -0.1) is 0 Å². The molecule has 3 aromatic rings. The SMILES string of the molecule is N[C@@]1(C(=O)Nc2cncc3ccccc23)CCOc2ccc(Cl)cc21. The van der Waals surface area contributed by atoms with Crippen LogP contribution in [0.2, 0.25) is 5.02 Å². The molecular formula is C19H16ClN3O2. The molecule has 0 bridgehead atoms. The first-order valence-electron chi connectivity index (χ1n) is 7.94.